The molecule has 0 atom stereocenters. The monoisotopic (exact) mass is 1270 g/mol. The minimum absolute atomic E-state index is 0.0541. The van der Waals surface area contributed by atoms with Crippen molar-refractivity contribution in [2.45, 2.75) is 52.4 Å². The summed E-state index contributed by atoms with van der Waals surface area (Å²) >= 11 is 0. The van der Waals surface area contributed by atoms with Crippen LogP contribution in [0.2, 0.25) is 0 Å². The van der Waals surface area contributed by atoms with Crippen LogP contribution in [0, 0.1) is 13.8 Å². The maximum Gasteiger partial charge on any atom is 0.0159 e. The molecule has 0 radical (unpaired) electrons. The third kappa shape index (κ3) is 9.95. The van der Waals surface area contributed by atoms with Gasteiger partial charge in [-0.15, -0.1) is 0 Å². The zero-order valence-electron chi connectivity index (χ0n) is 57.3. The van der Waals surface area contributed by atoms with E-state index in [0.717, 1.165) is 0 Å². The Bertz CT molecular complexity index is 6140. The highest BCUT2D eigenvalue weighted by atomic mass is 14.4. The first kappa shape index (κ1) is 60.5. The lowest BCUT2D eigenvalue weighted by Crippen LogP contribution is -2.14. The van der Waals surface area contributed by atoms with Crippen LogP contribution in [0.1, 0.15) is 77.8 Å². The Morgan fingerprint density at radius 3 is 1.06 bits per heavy atom. The maximum atomic E-state index is 2.47. The van der Waals surface area contributed by atoms with Gasteiger partial charge in [-0.25, -0.2) is 0 Å². The van der Waals surface area contributed by atoms with Gasteiger partial charge in [0.1, 0.15) is 0 Å². The summed E-state index contributed by atoms with van der Waals surface area (Å²) in [5.74, 6) is 0. The molecule has 0 aromatic heterocycles. The topological polar surface area (TPSA) is 0 Å². The van der Waals surface area contributed by atoms with Crippen molar-refractivity contribution >= 4 is 76.3 Å². The summed E-state index contributed by atoms with van der Waals surface area (Å²) < 4.78 is 0. The highest BCUT2D eigenvalue weighted by molar-refractivity contribution is 6.23. The first-order valence-corrected chi connectivity index (χ1v) is 35.3. The van der Waals surface area contributed by atoms with Gasteiger partial charge in [-0.1, -0.05) is 354 Å². The summed E-state index contributed by atoms with van der Waals surface area (Å²) in [7, 11) is 0. The van der Waals surface area contributed by atoms with Gasteiger partial charge >= 0.3 is 0 Å². The van der Waals surface area contributed by atoms with Crippen molar-refractivity contribution in [3.63, 3.8) is 0 Å². The third-order valence-corrected chi connectivity index (χ3v) is 22.0. The molecule has 17 aromatic rings. The molecule has 19 rings (SSSR count). The number of fused-ring (bicyclic) bond motifs is 13. The molecule has 0 bridgehead atoms. The van der Waals surface area contributed by atoms with Crippen molar-refractivity contribution in [2.24, 2.45) is 0 Å². The molecule has 0 fully saturated rings. The molecule has 0 aliphatic heterocycles. The van der Waals surface area contributed by atoms with Crippen LogP contribution in [0.25, 0.3) is 154 Å². The maximum absolute atomic E-state index is 2.47. The van der Waals surface area contributed by atoms with Gasteiger partial charge in [0.15, 0.2) is 0 Å². The zero-order valence-corrected chi connectivity index (χ0v) is 57.3. The molecule has 0 nitrogen and oxygen atoms in total. The standard InChI is InChI=1S/C50H36.C50H38/c1-31-20-26-43-45(28-31)49(35-25-27-40-39-16-10-11-19-46(39)50(2,3)47(40)30-35)42-18-9-8-17-41(42)48(43)33-23-21-32(22-24-33)44-29-34-12-4-5-13-36(34)37-14-6-7-15-38(37)44;1-33-22-28-43-45(30-33)49(38-27-29-40-39-18-12-13-21-46(39)50(2,3)47(40)32-38)42-20-11-10-19-41(42)48(43)37-25-23-34(24-26-37)31-44(35-14-6-4-7-15-35)36-16-8-5-9-17-36/h4-30H,1-3H3;4-32H,1-3H3. The molecule has 100 heavy (non-hydrogen) atoms. The van der Waals surface area contributed by atoms with Crippen molar-refractivity contribution in [1.82, 2.24) is 0 Å². The molecule has 474 valence electrons. The van der Waals surface area contributed by atoms with Gasteiger partial charge in [0.25, 0.3) is 0 Å². The van der Waals surface area contributed by atoms with E-state index in [2.05, 4.69) is 381 Å². The smallest absolute Gasteiger partial charge is 0.0159 e. The largest absolute Gasteiger partial charge is 0.0622 e. The van der Waals surface area contributed by atoms with E-state index < -0.39 is 0 Å². The van der Waals surface area contributed by atoms with Crippen LogP contribution in [-0.4, -0.2) is 0 Å². The summed E-state index contributed by atoms with van der Waals surface area (Å²) in [6.07, 6.45) is 2.31. The molecule has 0 amide bonds. The van der Waals surface area contributed by atoms with E-state index in [1.54, 1.807) is 0 Å². The van der Waals surface area contributed by atoms with Crippen LogP contribution < -0.4 is 0 Å². The predicted molar refractivity (Wildman–Crippen MR) is 430 cm³/mol. The van der Waals surface area contributed by atoms with E-state index in [-0.39, 0.29) is 10.8 Å². The van der Waals surface area contributed by atoms with Gasteiger partial charge in [0.05, 0.1) is 0 Å². The molecule has 2 aliphatic rings. The summed E-state index contributed by atoms with van der Waals surface area (Å²) in [6.45, 7) is 13.9. The van der Waals surface area contributed by atoms with E-state index in [9.17, 15) is 0 Å². The first-order chi connectivity index (χ1) is 48.9. The molecule has 0 saturated heterocycles. The SMILES string of the molecule is Cc1ccc2c(-c3ccc(-c4cc5ccccc5c5ccccc45)cc3)c3ccccc3c(-c3ccc4c(c3)C(C)(C)c3ccccc3-4)c2c1.Cc1ccc2c(-c3ccc(C=C(c4ccccc4)c4ccccc4)cc3)c3ccccc3c(-c3ccc4c(c3)C(C)(C)c3ccccc3-4)c2c1. The Kier molecular flexibility index (Phi) is 14.5. The quantitative estimate of drug-likeness (QED) is 0.0808. The van der Waals surface area contributed by atoms with Crippen molar-refractivity contribution in [3.8, 4) is 77.9 Å². The van der Waals surface area contributed by atoms with E-state index in [1.807, 2.05) is 0 Å². The Labute approximate surface area is 586 Å². The van der Waals surface area contributed by atoms with E-state index >= 15 is 0 Å². The summed E-state index contributed by atoms with van der Waals surface area (Å²) in [6, 6.07) is 124. The van der Waals surface area contributed by atoms with Crippen LogP contribution in [0.4, 0.5) is 0 Å². The van der Waals surface area contributed by atoms with Gasteiger partial charge in [-0.2, -0.15) is 0 Å². The predicted octanol–water partition coefficient (Wildman–Crippen LogP) is 27.4. The molecule has 17 aromatic carbocycles. The van der Waals surface area contributed by atoms with E-state index in [4.69, 9.17) is 0 Å². The van der Waals surface area contributed by atoms with E-state index in [0.29, 0.717) is 0 Å². The van der Waals surface area contributed by atoms with Crippen LogP contribution in [-0.2, 0) is 10.8 Å². The van der Waals surface area contributed by atoms with Gasteiger partial charge in [0.2, 0.25) is 0 Å². The van der Waals surface area contributed by atoms with Crippen molar-refractivity contribution in [1.29, 1.82) is 0 Å². The van der Waals surface area contributed by atoms with Crippen LogP contribution in [0.15, 0.2) is 334 Å². The lowest BCUT2D eigenvalue weighted by Gasteiger charge is -2.23. The second kappa shape index (κ2) is 23.9. The number of hydrogen-bond donors (Lipinski definition) is 0. The fourth-order valence-corrected chi connectivity index (χ4v) is 17.1. The Balaban J connectivity index is 0.000000144. The Morgan fingerprint density at radius 1 is 0.230 bits per heavy atom. The Hall–Kier alpha value is -12.0. The minimum atomic E-state index is -0.0551. The van der Waals surface area contributed by atoms with Crippen LogP contribution in [0.3, 0.4) is 0 Å². The van der Waals surface area contributed by atoms with Crippen LogP contribution in [0.5, 0.6) is 0 Å². The van der Waals surface area contributed by atoms with Gasteiger partial charge < -0.3 is 0 Å². The average Bonchev–Trinajstić information content (AvgIpc) is 1.40. The van der Waals surface area contributed by atoms with Crippen LogP contribution >= 0.6 is 0 Å². The van der Waals surface area contributed by atoms with Crippen molar-refractivity contribution in [2.75, 3.05) is 0 Å². The van der Waals surface area contributed by atoms with Crippen molar-refractivity contribution in [3.05, 3.63) is 384 Å². The molecule has 0 saturated carbocycles. The first-order valence-electron chi connectivity index (χ1n) is 35.3. The molecule has 0 N–H and O–H groups in total. The molecule has 0 heteroatoms. The fraction of sp³-hybridized carbons (Fsp3) is 0.0800. The Morgan fingerprint density at radius 2 is 0.580 bits per heavy atom. The van der Waals surface area contributed by atoms with E-state index in [1.165, 1.54) is 198 Å². The zero-order chi connectivity index (χ0) is 67.4. The fourth-order valence-electron chi connectivity index (χ4n) is 17.1. The minimum Gasteiger partial charge on any atom is -0.0622 e. The van der Waals surface area contributed by atoms with Crippen molar-refractivity contribution < 1.29 is 0 Å². The van der Waals surface area contributed by atoms with Gasteiger partial charge in [-0.3, -0.25) is 0 Å². The number of benzene rings is 17. The summed E-state index contributed by atoms with van der Waals surface area (Å²) in [5, 5.41) is 15.5. The number of rotatable bonds is 8. The normalized spacial score (nSPS) is 13.1. The highest BCUT2D eigenvalue weighted by Crippen LogP contribution is 2.54. The lowest BCUT2D eigenvalue weighted by atomic mass is 9.80. The number of aryl methyl sites for hydroxylation is 2. The van der Waals surface area contributed by atoms with Gasteiger partial charge in [0, 0.05) is 10.8 Å². The highest BCUT2D eigenvalue weighted by Gasteiger charge is 2.37. The molecule has 0 spiro atoms. The molecule has 0 heterocycles. The summed E-state index contributed by atoms with van der Waals surface area (Å²) in [5.41, 5.74) is 31.0. The molecular formula is C100H74. The van der Waals surface area contributed by atoms with Gasteiger partial charge in [-0.05, 0) is 225 Å². The molecule has 2 aliphatic carbocycles. The molecular weight excluding hydrogens is 1200 g/mol. The molecule has 0 unspecified atom stereocenters. The second-order valence-electron chi connectivity index (χ2n) is 28.7. The lowest BCUT2D eigenvalue weighted by molar-refractivity contribution is 0.660. The third-order valence-electron chi connectivity index (χ3n) is 22.0. The second-order valence-corrected chi connectivity index (χ2v) is 28.7. The average molecular weight is 1280 g/mol. The number of hydrogen-bond acceptors (Lipinski definition) is 0. The summed E-state index contributed by atoms with van der Waals surface area (Å²) in [4.78, 5) is 0.